The number of carbonyl (C=O) groups is 3. The van der Waals surface area contributed by atoms with Crippen LogP contribution in [0.1, 0.15) is 38.3 Å². The second-order valence-electron chi connectivity index (χ2n) is 2.84. The van der Waals surface area contributed by atoms with Crippen molar-refractivity contribution in [3.05, 3.63) is 29.1 Å². The number of carbonyl (C=O) groups excluding carboxylic acids is 3. The lowest BCUT2D eigenvalue weighted by Gasteiger charge is -2.01. The first kappa shape index (κ1) is 11.0. The van der Waals surface area contributed by atoms with E-state index < -0.39 is 5.97 Å². The maximum absolute atomic E-state index is 11.1. The van der Waals surface area contributed by atoms with Crippen molar-refractivity contribution in [2.45, 2.75) is 6.92 Å². The summed E-state index contributed by atoms with van der Waals surface area (Å²) < 4.78 is 4.44. The zero-order chi connectivity index (χ0) is 11.4. The summed E-state index contributed by atoms with van der Waals surface area (Å²) in [6.07, 6.45) is 0.542. The zero-order valence-corrected chi connectivity index (χ0v) is 8.31. The smallest absolute Gasteiger partial charge is 0.356 e. The number of ether oxygens (including phenoxy) is 1. The molecule has 0 aliphatic heterocycles. The Balaban J connectivity index is 3.28. The molecule has 0 radical (unpaired) electrons. The van der Waals surface area contributed by atoms with Gasteiger partial charge in [-0.05, 0) is 12.1 Å². The minimum absolute atomic E-state index is 0.0488. The monoisotopic (exact) mass is 207 g/mol. The zero-order valence-electron chi connectivity index (χ0n) is 8.31. The van der Waals surface area contributed by atoms with Gasteiger partial charge in [-0.2, -0.15) is 0 Å². The van der Waals surface area contributed by atoms with E-state index in [9.17, 15) is 14.4 Å². The highest BCUT2D eigenvalue weighted by Crippen LogP contribution is 2.06. The van der Waals surface area contributed by atoms with Gasteiger partial charge >= 0.3 is 5.97 Å². The summed E-state index contributed by atoms with van der Waals surface area (Å²) in [5, 5.41) is 0. The molecule has 0 fully saturated rings. The van der Waals surface area contributed by atoms with Gasteiger partial charge in [-0.3, -0.25) is 9.59 Å². The summed E-state index contributed by atoms with van der Waals surface area (Å²) >= 11 is 0. The highest BCUT2D eigenvalue weighted by atomic mass is 16.5. The summed E-state index contributed by atoms with van der Waals surface area (Å²) in [5.74, 6) is -0.995. The number of aromatic nitrogens is 1. The van der Waals surface area contributed by atoms with E-state index in [1.165, 1.54) is 26.2 Å². The topological polar surface area (TPSA) is 73.3 Å². The molecule has 0 atom stereocenters. The normalized spacial score (nSPS) is 9.47. The number of methoxy groups -OCH3 is 1. The lowest BCUT2D eigenvalue weighted by atomic mass is 10.1. The van der Waals surface area contributed by atoms with Crippen LogP contribution in [0.2, 0.25) is 0 Å². The van der Waals surface area contributed by atoms with Crippen molar-refractivity contribution >= 4 is 18.0 Å². The van der Waals surface area contributed by atoms with Gasteiger partial charge in [-0.15, -0.1) is 0 Å². The number of hydrogen-bond donors (Lipinski definition) is 0. The SMILES string of the molecule is COC(=O)c1cc(C=O)cc(C(C)=O)n1. The molecule has 5 heteroatoms. The van der Waals surface area contributed by atoms with Gasteiger partial charge in [-0.1, -0.05) is 0 Å². The highest BCUT2D eigenvalue weighted by molar-refractivity contribution is 5.96. The Kier molecular flexibility index (Phi) is 3.28. The van der Waals surface area contributed by atoms with Crippen molar-refractivity contribution in [3.63, 3.8) is 0 Å². The van der Waals surface area contributed by atoms with Gasteiger partial charge in [0.15, 0.2) is 5.78 Å². The Morgan fingerprint density at radius 1 is 1.33 bits per heavy atom. The van der Waals surface area contributed by atoms with E-state index in [0.29, 0.717) is 6.29 Å². The maximum atomic E-state index is 11.1. The predicted molar refractivity (Wildman–Crippen MR) is 51.0 cm³/mol. The summed E-state index contributed by atoms with van der Waals surface area (Å²) in [5.41, 5.74) is 0.239. The number of rotatable bonds is 3. The third-order valence-electron chi connectivity index (χ3n) is 1.74. The minimum Gasteiger partial charge on any atom is -0.464 e. The van der Waals surface area contributed by atoms with Crippen LogP contribution in [0.25, 0.3) is 0 Å². The first-order valence-corrected chi connectivity index (χ1v) is 4.15. The molecular weight excluding hydrogens is 198 g/mol. The Morgan fingerprint density at radius 2 is 1.93 bits per heavy atom. The van der Waals surface area contributed by atoms with Gasteiger partial charge in [-0.25, -0.2) is 9.78 Å². The molecule has 0 aliphatic carbocycles. The fourth-order valence-electron chi connectivity index (χ4n) is 1.01. The lowest BCUT2D eigenvalue weighted by Crippen LogP contribution is -2.09. The van der Waals surface area contributed by atoms with Crippen molar-refractivity contribution in [2.75, 3.05) is 7.11 Å². The third kappa shape index (κ3) is 2.46. The number of ketones is 1. The van der Waals surface area contributed by atoms with Crippen LogP contribution in [0, 0.1) is 0 Å². The van der Waals surface area contributed by atoms with Crippen LogP contribution < -0.4 is 0 Å². The van der Waals surface area contributed by atoms with E-state index in [4.69, 9.17) is 0 Å². The molecule has 1 aromatic rings. The number of hydrogen-bond acceptors (Lipinski definition) is 5. The maximum Gasteiger partial charge on any atom is 0.356 e. The Morgan fingerprint density at radius 3 is 2.40 bits per heavy atom. The van der Waals surface area contributed by atoms with E-state index in [2.05, 4.69) is 9.72 Å². The summed E-state index contributed by atoms with van der Waals surface area (Å²) in [6.45, 7) is 1.30. The van der Waals surface area contributed by atoms with E-state index in [-0.39, 0.29) is 22.7 Å². The van der Waals surface area contributed by atoms with Crippen LogP contribution in [-0.2, 0) is 4.74 Å². The van der Waals surface area contributed by atoms with E-state index in [1.54, 1.807) is 0 Å². The fourth-order valence-corrected chi connectivity index (χ4v) is 1.01. The van der Waals surface area contributed by atoms with Crippen molar-refractivity contribution < 1.29 is 19.1 Å². The number of esters is 1. The number of Topliss-reactive ketones (excluding diaryl/α,β-unsaturated/α-hetero) is 1. The van der Waals surface area contributed by atoms with Crippen LogP contribution in [0.4, 0.5) is 0 Å². The molecule has 0 spiro atoms. The molecule has 0 amide bonds. The number of nitrogens with zero attached hydrogens (tertiary/aromatic N) is 1. The molecule has 1 heterocycles. The van der Waals surface area contributed by atoms with Gasteiger partial charge in [0.1, 0.15) is 17.7 Å². The molecule has 0 unspecified atom stereocenters. The molecule has 0 saturated heterocycles. The molecule has 0 N–H and O–H groups in total. The molecule has 15 heavy (non-hydrogen) atoms. The second kappa shape index (κ2) is 4.45. The van der Waals surface area contributed by atoms with Crippen LogP contribution in [0.15, 0.2) is 12.1 Å². The van der Waals surface area contributed by atoms with Crippen LogP contribution in [0.5, 0.6) is 0 Å². The quantitative estimate of drug-likeness (QED) is 0.418. The van der Waals surface area contributed by atoms with Gasteiger partial charge < -0.3 is 4.74 Å². The number of pyridine rings is 1. The van der Waals surface area contributed by atoms with Crippen molar-refractivity contribution in [2.24, 2.45) is 0 Å². The van der Waals surface area contributed by atoms with Crippen molar-refractivity contribution in [1.29, 1.82) is 0 Å². The van der Waals surface area contributed by atoms with Gasteiger partial charge in [0.2, 0.25) is 0 Å². The molecule has 1 rings (SSSR count). The summed E-state index contributed by atoms with van der Waals surface area (Å²) in [6, 6.07) is 2.59. The Labute approximate surface area is 86.1 Å². The second-order valence-corrected chi connectivity index (χ2v) is 2.84. The lowest BCUT2D eigenvalue weighted by molar-refractivity contribution is 0.0594. The van der Waals surface area contributed by atoms with Crippen LogP contribution >= 0.6 is 0 Å². The molecule has 5 nitrogen and oxygen atoms in total. The molecule has 0 aliphatic rings. The summed E-state index contributed by atoms with van der Waals surface area (Å²) in [7, 11) is 1.20. The third-order valence-corrected chi connectivity index (χ3v) is 1.74. The van der Waals surface area contributed by atoms with E-state index >= 15 is 0 Å². The Bertz CT molecular complexity index is 425. The summed E-state index contributed by atoms with van der Waals surface area (Å²) in [4.78, 5) is 36.5. The molecular formula is C10H9NO4. The van der Waals surface area contributed by atoms with Crippen molar-refractivity contribution in [3.8, 4) is 0 Å². The van der Waals surface area contributed by atoms with Crippen molar-refractivity contribution in [1.82, 2.24) is 4.98 Å². The molecule has 0 aromatic carbocycles. The van der Waals surface area contributed by atoms with Gasteiger partial charge in [0, 0.05) is 12.5 Å². The standard InChI is InChI=1S/C10H9NO4/c1-6(13)8-3-7(5-12)4-9(11-8)10(14)15-2/h3-5H,1-2H3. The van der Waals surface area contributed by atoms with Crippen LogP contribution in [0.3, 0.4) is 0 Å². The minimum atomic E-state index is -0.679. The van der Waals surface area contributed by atoms with Gasteiger partial charge in [0.25, 0.3) is 0 Å². The van der Waals surface area contributed by atoms with E-state index in [1.807, 2.05) is 0 Å². The molecule has 0 bridgehead atoms. The average molecular weight is 207 g/mol. The Hall–Kier alpha value is -2.04. The fraction of sp³-hybridized carbons (Fsp3) is 0.200. The first-order chi connectivity index (χ1) is 7.08. The predicted octanol–water partition coefficient (Wildman–Crippen LogP) is 0.883. The molecule has 78 valence electrons. The molecule has 0 saturated carbocycles. The largest absolute Gasteiger partial charge is 0.464 e. The van der Waals surface area contributed by atoms with E-state index in [0.717, 1.165) is 0 Å². The first-order valence-electron chi connectivity index (χ1n) is 4.15. The number of aldehydes is 1. The van der Waals surface area contributed by atoms with Gasteiger partial charge in [0.05, 0.1) is 7.11 Å². The van der Waals surface area contributed by atoms with Crippen LogP contribution in [-0.4, -0.2) is 30.1 Å². The average Bonchev–Trinajstić information content (AvgIpc) is 2.27. The molecule has 1 aromatic heterocycles. The highest BCUT2D eigenvalue weighted by Gasteiger charge is 2.12.